The molecule has 1 aromatic heterocycles. The van der Waals surface area contributed by atoms with Crippen LogP contribution in [0.3, 0.4) is 0 Å². The fourth-order valence-corrected chi connectivity index (χ4v) is 2.66. The molecule has 0 fully saturated rings. The van der Waals surface area contributed by atoms with Crippen LogP contribution in [0.1, 0.15) is 17.8 Å². The van der Waals surface area contributed by atoms with Crippen LogP contribution in [-0.2, 0) is 0 Å². The molecule has 0 radical (unpaired) electrons. The lowest BCUT2D eigenvalue weighted by molar-refractivity contribution is 0.0887. The Hall–Kier alpha value is -1.59. The first-order valence-corrected chi connectivity index (χ1v) is 7.21. The molecule has 1 N–H and O–H groups in total. The molecule has 1 aliphatic heterocycles. The molecule has 2 unspecified atom stereocenters. The molecule has 0 bridgehead atoms. The molecule has 2 aromatic rings. The van der Waals surface area contributed by atoms with Gasteiger partial charge < -0.3 is 14.8 Å². The maximum absolute atomic E-state index is 5.90. The van der Waals surface area contributed by atoms with Crippen LogP contribution in [-0.4, -0.2) is 24.2 Å². The summed E-state index contributed by atoms with van der Waals surface area (Å²) in [4.78, 5) is 5.32. The number of hydrogen-bond acceptors (Lipinski definition) is 5. The van der Waals surface area contributed by atoms with Crippen LogP contribution in [0.4, 0.5) is 0 Å². The van der Waals surface area contributed by atoms with Crippen molar-refractivity contribution in [2.24, 2.45) is 0 Å². The molecule has 100 valence electrons. The fourth-order valence-electron chi connectivity index (χ4n) is 2.01. The third kappa shape index (κ3) is 2.88. The van der Waals surface area contributed by atoms with Crippen molar-refractivity contribution in [3.8, 4) is 11.5 Å². The topological polar surface area (TPSA) is 43.4 Å². The molecule has 0 saturated carbocycles. The van der Waals surface area contributed by atoms with Crippen LogP contribution in [0.5, 0.6) is 11.5 Å². The number of nitrogens with zero attached hydrogens (tertiary/aromatic N) is 1. The molecule has 2 heterocycles. The molecular formula is C14H16N2O2S. The first-order valence-electron chi connectivity index (χ1n) is 6.33. The van der Waals surface area contributed by atoms with E-state index in [-0.39, 0.29) is 12.1 Å². The van der Waals surface area contributed by atoms with E-state index in [1.54, 1.807) is 11.3 Å². The number of rotatable bonds is 4. The SMILES string of the molecule is CC(NCC1COc2ccccc2O1)c1cncs1. The Morgan fingerprint density at radius 2 is 2.26 bits per heavy atom. The molecule has 4 nitrogen and oxygen atoms in total. The van der Waals surface area contributed by atoms with Gasteiger partial charge in [0, 0.05) is 23.7 Å². The van der Waals surface area contributed by atoms with Crippen molar-refractivity contribution < 1.29 is 9.47 Å². The van der Waals surface area contributed by atoms with Gasteiger partial charge in [-0.3, -0.25) is 4.98 Å². The zero-order valence-corrected chi connectivity index (χ0v) is 11.5. The van der Waals surface area contributed by atoms with Crippen molar-refractivity contribution >= 4 is 11.3 Å². The summed E-state index contributed by atoms with van der Waals surface area (Å²) in [6.45, 7) is 3.47. The van der Waals surface area contributed by atoms with Crippen LogP contribution in [0.25, 0.3) is 0 Å². The van der Waals surface area contributed by atoms with Crippen LogP contribution in [0.2, 0.25) is 0 Å². The van der Waals surface area contributed by atoms with E-state index in [1.165, 1.54) is 4.88 Å². The summed E-state index contributed by atoms with van der Waals surface area (Å²) < 4.78 is 11.6. The van der Waals surface area contributed by atoms with E-state index in [2.05, 4.69) is 17.2 Å². The Bertz CT molecular complexity index is 530. The lowest BCUT2D eigenvalue weighted by Gasteiger charge is -2.27. The number of nitrogens with one attached hydrogen (secondary N) is 1. The Morgan fingerprint density at radius 1 is 1.42 bits per heavy atom. The average Bonchev–Trinajstić information content (AvgIpc) is 2.99. The molecule has 0 saturated heterocycles. The number of benzene rings is 1. The van der Waals surface area contributed by atoms with E-state index in [4.69, 9.17) is 9.47 Å². The maximum atomic E-state index is 5.90. The molecule has 0 aliphatic carbocycles. The van der Waals surface area contributed by atoms with Crippen molar-refractivity contribution in [2.45, 2.75) is 19.1 Å². The number of fused-ring (bicyclic) bond motifs is 1. The summed E-state index contributed by atoms with van der Waals surface area (Å²) in [6.07, 6.45) is 1.95. The lowest BCUT2D eigenvalue weighted by atomic mass is 10.2. The number of hydrogen-bond donors (Lipinski definition) is 1. The highest BCUT2D eigenvalue weighted by Gasteiger charge is 2.21. The van der Waals surface area contributed by atoms with E-state index in [1.807, 2.05) is 36.0 Å². The van der Waals surface area contributed by atoms with Crippen LogP contribution in [0.15, 0.2) is 36.0 Å². The minimum Gasteiger partial charge on any atom is -0.486 e. The van der Waals surface area contributed by atoms with Gasteiger partial charge in [0.05, 0.1) is 5.51 Å². The second-order valence-corrected chi connectivity index (χ2v) is 5.45. The zero-order valence-electron chi connectivity index (χ0n) is 10.7. The van der Waals surface area contributed by atoms with Crippen molar-refractivity contribution in [2.75, 3.05) is 13.2 Å². The maximum Gasteiger partial charge on any atom is 0.161 e. The molecule has 19 heavy (non-hydrogen) atoms. The largest absolute Gasteiger partial charge is 0.486 e. The van der Waals surface area contributed by atoms with Gasteiger partial charge in [0.15, 0.2) is 11.5 Å². The molecule has 3 rings (SSSR count). The summed E-state index contributed by atoms with van der Waals surface area (Å²) in [6, 6.07) is 8.06. The Balaban J connectivity index is 1.55. The van der Waals surface area contributed by atoms with E-state index < -0.39 is 0 Å². The highest BCUT2D eigenvalue weighted by molar-refractivity contribution is 7.09. The molecule has 5 heteroatoms. The zero-order chi connectivity index (χ0) is 13.1. The predicted molar refractivity (Wildman–Crippen MR) is 74.9 cm³/mol. The van der Waals surface area contributed by atoms with Gasteiger partial charge in [-0.05, 0) is 19.1 Å². The average molecular weight is 276 g/mol. The monoisotopic (exact) mass is 276 g/mol. The highest BCUT2D eigenvalue weighted by Crippen LogP contribution is 2.30. The van der Waals surface area contributed by atoms with Gasteiger partial charge in [0.2, 0.25) is 0 Å². The number of para-hydroxylation sites is 2. The van der Waals surface area contributed by atoms with Crippen molar-refractivity contribution in [1.29, 1.82) is 0 Å². The predicted octanol–water partition coefficient (Wildman–Crippen LogP) is 2.63. The summed E-state index contributed by atoms with van der Waals surface area (Å²) >= 11 is 1.66. The summed E-state index contributed by atoms with van der Waals surface area (Å²) in [5, 5.41) is 3.45. The van der Waals surface area contributed by atoms with Gasteiger partial charge in [-0.25, -0.2) is 0 Å². The van der Waals surface area contributed by atoms with Crippen molar-refractivity contribution in [1.82, 2.24) is 10.3 Å². The van der Waals surface area contributed by atoms with Crippen molar-refractivity contribution in [3.05, 3.63) is 40.8 Å². The molecule has 1 aromatic carbocycles. The van der Waals surface area contributed by atoms with Gasteiger partial charge in [-0.2, -0.15) is 0 Å². The van der Waals surface area contributed by atoms with Crippen LogP contribution in [0, 0.1) is 0 Å². The Morgan fingerprint density at radius 3 is 3.05 bits per heavy atom. The summed E-state index contributed by atoms with van der Waals surface area (Å²) in [5.41, 5.74) is 1.85. The van der Waals surface area contributed by atoms with Gasteiger partial charge in [0.1, 0.15) is 12.7 Å². The van der Waals surface area contributed by atoms with E-state index in [9.17, 15) is 0 Å². The molecular weight excluding hydrogens is 260 g/mol. The van der Waals surface area contributed by atoms with Gasteiger partial charge in [0.25, 0.3) is 0 Å². The Labute approximate surface area is 116 Å². The molecule has 1 aliphatic rings. The van der Waals surface area contributed by atoms with Crippen molar-refractivity contribution in [3.63, 3.8) is 0 Å². The molecule has 2 atom stereocenters. The second-order valence-electron chi connectivity index (χ2n) is 4.53. The minimum atomic E-state index is 0.0465. The van der Waals surface area contributed by atoms with Gasteiger partial charge >= 0.3 is 0 Å². The minimum absolute atomic E-state index is 0.0465. The number of ether oxygens (including phenoxy) is 2. The van der Waals surface area contributed by atoms with E-state index >= 15 is 0 Å². The molecule has 0 spiro atoms. The molecule has 0 amide bonds. The van der Waals surface area contributed by atoms with Gasteiger partial charge in [-0.1, -0.05) is 12.1 Å². The first kappa shape index (κ1) is 12.4. The van der Waals surface area contributed by atoms with Crippen LogP contribution < -0.4 is 14.8 Å². The van der Waals surface area contributed by atoms with Crippen LogP contribution >= 0.6 is 11.3 Å². The van der Waals surface area contributed by atoms with E-state index in [0.29, 0.717) is 6.61 Å². The third-order valence-electron chi connectivity index (χ3n) is 3.10. The normalized spacial score (nSPS) is 19.1. The quantitative estimate of drug-likeness (QED) is 0.932. The third-order valence-corrected chi connectivity index (χ3v) is 4.06. The lowest BCUT2D eigenvalue weighted by Crippen LogP contribution is -2.39. The van der Waals surface area contributed by atoms with Gasteiger partial charge in [-0.15, -0.1) is 11.3 Å². The Kier molecular flexibility index (Phi) is 3.66. The highest BCUT2D eigenvalue weighted by atomic mass is 32.1. The number of thiazole rings is 1. The smallest absolute Gasteiger partial charge is 0.161 e. The standard InChI is InChI=1S/C14H16N2O2S/c1-10(14-7-15-9-19-14)16-6-11-8-17-12-4-2-3-5-13(12)18-11/h2-5,7,9-11,16H,6,8H2,1H3. The number of aromatic nitrogens is 1. The summed E-state index contributed by atoms with van der Waals surface area (Å²) in [5.74, 6) is 1.65. The first-order chi connectivity index (χ1) is 9.33. The second kappa shape index (κ2) is 5.59. The fraction of sp³-hybridized carbons (Fsp3) is 0.357. The summed E-state index contributed by atoms with van der Waals surface area (Å²) in [7, 11) is 0. The van der Waals surface area contributed by atoms with E-state index in [0.717, 1.165) is 18.0 Å².